The van der Waals surface area contributed by atoms with E-state index >= 15 is 0 Å². The molecular formula is C11H10ClNO2S. The van der Waals surface area contributed by atoms with E-state index in [1.165, 1.54) is 18.0 Å². The minimum atomic E-state index is -0.515. The highest BCUT2D eigenvalue weighted by molar-refractivity contribution is 7.99. The summed E-state index contributed by atoms with van der Waals surface area (Å²) < 4.78 is 5.11. The van der Waals surface area contributed by atoms with Crippen LogP contribution in [0.2, 0.25) is 5.02 Å². The standard InChI is InChI=1S/C11H10ClNO2S/c1-7(14)8-2-3-10(9(12)6-8)16-11-13-4-5-15-11/h2-7,14H,1H3/t7-/m1/s1. The molecule has 0 unspecified atom stereocenters. The van der Waals surface area contributed by atoms with Gasteiger partial charge in [-0.05, 0) is 36.4 Å². The monoisotopic (exact) mass is 255 g/mol. The average molecular weight is 256 g/mol. The molecule has 2 rings (SSSR count). The molecule has 1 heterocycles. The summed E-state index contributed by atoms with van der Waals surface area (Å²) in [7, 11) is 0. The Balaban J connectivity index is 2.23. The fourth-order valence-corrected chi connectivity index (χ4v) is 2.22. The van der Waals surface area contributed by atoms with Gasteiger partial charge in [0.1, 0.15) is 6.26 Å². The van der Waals surface area contributed by atoms with E-state index in [2.05, 4.69) is 4.98 Å². The van der Waals surface area contributed by atoms with E-state index in [1.807, 2.05) is 12.1 Å². The van der Waals surface area contributed by atoms with Crippen LogP contribution in [0.25, 0.3) is 0 Å². The summed E-state index contributed by atoms with van der Waals surface area (Å²) in [5.41, 5.74) is 0.793. The molecule has 3 nitrogen and oxygen atoms in total. The molecule has 1 atom stereocenters. The molecule has 16 heavy (non-hydrogen) atoms. The van der Waals surface area contributed by atoms with Gasteiger partial charge < -0.3 is 9.52 Å². The van der Waals surface area contributed by atoms with Crippen molar-refractivity contribution in [3.8, 4) is 0 Å². The van der Waals surface area contributed by atoms with Gasteiger partial charge in [-0.3, -0.25) is 0 Å². The molecule has 0 saturated carbocycles. The van der Waals surface area contributed by atoms with Gasteiger partial charge in [-0.15, -0.1) is 0 Å². The Kier molecular flexibility index (Phi) is 3.53. The van der Waals surface area contributed by atoms with Crippen LogP contribution in [0.4, 0.5) is 0 Å². The van der Waals surface area contributed by atoms with Crippen molar-refractivity contribution >= 4 is 23.4 Å². The van der Waals surface area contributed by atoms with Crippen molar-refractivity contribution < 1.29 is 9.52 Å². The Labute approximate surface area is 102 Å². The summed E-state index contributed by atoms with van der Waals surface area (Å²) in [6.07, 6.45) is 2.58. The van der Waals surface area contributed by atoms with Gasteiger partial charge >= 0.3 is 0 Å². The van der Waals surface area contributed by atoms with E-state index in [4.69, 9.17) is 16.0 Å². The Morgan fingerprint density at radius 3 is 2.88 bits per heavy atom. The molecule has 0 aliphatic heterocycles. The number of aliphatic hydroxyl groups excluding tert-OH is 1. The molecule has 0 radical (unpaired) electrons. The quantitative estimate of drug-likeness (QED) is 0.911. The van der Waals surface area contributed by atoms with Crippen molar-refractivity contribution in [2.75, 3.05) is 0 Å². The molecular weight excluding hydrogens is 246 g/mol. The van der Waals surface area contributed by atoms with Gasteiger partial charge in [0.2, 0.25) is 0 Å². The Hall–Kier alpha value is -0.970. The van der Waals surface area contributed by atoms with Crippen LogP contribution in [0.1, 0.15) is 18.6 Å². The first-order valence-electron chi connectivity index (χ1n) is 4.71. The average Bonchev–Trinajstić information content (AvgIpc) is 2.73. The van der Waals surface area contributed by atoms with E-state index in [1.54, 1.807) is 19.2 Å². The van der Waals surface area contributed by atoms with Crippen LogP contribution >= 0.6 is 23.4 Å². The zero-order valence-corrected chi connectivity index (χ0v) is 10.1. The Morgan fingerprint density at radius 1 is 1.50 bits per heavy atom. The van der Waals surface area contributed by atoms with Crippen molar-refractivity contribution in [1.29, 1.82) is 0 Å². The predicted molar refractivity (Wildman–Crippen MR) is 62.7 cm³/mol. The highest BCUT2D eigenvalue weighted by atomic mass is 35.5. The number of hydrogen-bond acceptors (Lipinski definition) is 4. The van der Waals surface area contributed by atoms with Crippen LogP contribution in [-0.2, 0) is 0 Å². The zero-order chi connectivity index (χ0) is 11.5. The highest BCUT2D eigenvalue weighted by Gasteiger charge is 2.08. The van der Waals surface area contributed by atoms with Gasteiger partial charge in [-0.25, -0.2) is 4.98 Å². The Bertz CT molecular complexity index is 471. The molecule has 0 spiro atoms. The van der Waals surface area contributed by atoms with Crippen molar-refractivity contribution in [3.63, 3.8) is 0 Å². The molecule has 2 aromatic rings. The minimum absolute atomic E-state index is 0.515. The van der Waals surface area contributed by atoms with Crippen molar-refractivity contribution in [3.05, 3.63) is 41.2 Å². The molecule has 1 aromatic heterocycles. The largest absolute Gasteiger partial charge is 0.440 e. The van der Waals surface area contributed by atoms with Crippen LogP contribution in [0.5, 0.6) is 0 Å². The maximum absolute atomic E-state index is 9.40. The van der Waals surface area contributed by atoms with E-state index in [0.29, 0.717) is 10.2 Å². The lowest BCUT2D eigenvalue weighted by Gasteiger charge is -2.07. The van der Waals surface area contributed by atoms with Gasteiger partial charge in [0.05, 0.1) is 17.3 Å². The summed E-state index contributed by atoms with van der Waals surface area (Å²) in [6.45, 7) is 1.70. The highest BCUT2D eigenvalue weighted by Crippen LogP contribution is 2.33. The molecule has 1 N–H and O–H groups in total. The van der Waals surface area contributed by atoms with Crippen LogP contribution in [0.15, 0.2) is 45.2 Å². The topological polar surface area (TPSA) is 46.3 Å². The lowest BCUT2D eigenvalue weighted by atomic mass is 10.1. The van der Waals surface area contributed by atoms with Gasteiger partial charge in [-0.1, -0.05) is 17.7 Å². The molecule has 0 aliphatic carbocycles. The zero-order valence-electron chi connectivity index (χ0n) is 8.55. The number of oxazole rings is 1. The number of halogens is 1. The molecule has 1 aromatic carbocycles. The first kappa shape index (κ1) is 11.5. The van der Waals surface area contributed by atoms with Crippen LogP contribution < -0.4 is 0 Å². The normalized spacial score (nSPS) is 12.7. The van der Waals surface area contributed by atoms with E-state index in [-0.39, 0.29) is 0 Å². The number of rotatable bonds is 3. The molecule has 5 heteroatoms. The number of aliphatic hydroxyl groups is 1. The van der Waals surface area contributed by atoms with E-state index in [0.717, 1.165) is 10.5 Å². The van der Waals surface area contributed by atoms with Crippen molar-refractivity contribution in [2.24, 2.45) is 0 Å². The predicted octanol–water partition coefficient (Wildman–Crippen LogP) is 3.53. The van der Waals surface area contributed by atoms with Gasteiger partial charge in [0.15, 0.2) is 0 Å². The summed E-state index contributed by atoms with van der Waals surface area (Å²) in [4.78, 5) is 4.85. The molecule has 0 saturated heterocycles. The second kappa shape index (κ2) is 4.91. The molecule has 0 amide bonds. The minimum Gasteiger partial charge on any atom is -0.440 e. The van der Waals surface area contributed by atoms with Crippen LogP contribution in [0, 0.1) is 0 Å². The Morgan fingerprint density at radius 2 is 2.31 bits per heavy atom. The molecule has 84 valence electrons. The first-order chi connectivity index (χ1) is 7.66. The van der Waals surface area contributed by atoms with Crippen molar-refractivity contribution in [2.45, 2.75) is 23.1 Å². The maximum Gasteiger partial charge on any atom is 0.260 e. The summed E-state index contributed by atoms with van der Waals surface area (Å²) >= 11 is 7.44. The number of nitrogens with zero attached hydrogens (tertiary/aromatic N) is 1. The smallest absolute Gasteiger partial charge is 0.260 e. The lowest BCUT2D eigenvalue weighted by molar-refractivity contribution is 0.199. The van der Waals surface area contributed by atoms with Crippen LogP contribution in [0.3, 0.4) is 0 Å². The first-order valence-corrected chi connectivity index (χ1v) is 5.91. The fourth-order valence-electron chi connectivity index (χ4n) is 1.21. The fraction of sp³-hybridized carbons (Fsp3) is 0.182. The molecule has 0 aliphatic rings. The van der Waals surface area contributed by atoms with Gasteiger partial charge in [-0.2, -0.15) is 0 Å². The van der Waals surface area contributed by atoms with E-state index in [9.17, 15) is 5.11 Å². The third kappa shape index (κ3) is 2.58. The summed E-state index contributed by atoms with van der Waals surface area (Å²) in [6, 6.07) is 5.43. The summed E-state index contributed by atoms with van der Waals surface area (Å²) in [5, 5.41) is 10.5. The van der Waals surface area contributed by atoms with Gasteiger partial charge in [0, 0.05) is 4.90 Å². The van der Waals surface area contributed by atoms with E-state index < -0.39 is 6.10 Å². The maximum atomic E-state index is 9.40. The molecule has 0 fully saturated rings. The summed E-state index contributed by atoms with van der Waals surface area (Å²) in [5.74, 6) is 0. The molecule has 0 bridgehead atoms. The van der Waals surface area contributed by atoms with Crippen LogP contribution in [-0.4, -0.2) is 10.1 Å². The third-order valence-corrected chi connectivity index (χ3v) is 3.42. The third-order valence-electron chi connectivity index (χ3n) is 2.05. The lowest BCUT2D eigenvalue weighted by Crippen LogP contribution is -1.90. The second-order valence-electron chi connectivity index (χ2n) is 3.27. The second-order valence-corrected chi connectivity index (χ2v) is 4.67. The number of benzene rings is 1. The van der Waals surface area contributed by atoms with Gasteiger partial charge in [0.25, 0.3) is 5.22 Å². The SMILES string of the molecule is C[C@@H](O)c1ccc(Sc2ncco2)c(Cl)c1. The van der Waals surface area contributed by atoms with Crippen molar-refractivity contribution in [1.82, 2.24) is 4.98 Å². The number of aromatic nitrogens is 1. The number of hydrogen-bond donors (Lipinski definition) is 1.